The molecule has 0 saturated heterocycles. The van der Waals surface area contributed by atoms with Crippen LogP contribution in [0.15, 0.2) is 0 Å². The van der Waals surface area contributed by atoms with Crippen molar-refractivity contribution in [2.24, 2.45) is 0 Å². The van der Waals surface area contributed by atoms with E-state index in [2.05, 4.69) is 8.20 Å². The van der Waals surface area contributed by atoms with E-state index in [0.29, 0.717) is 77.0 Å². The van der Waals surface area contributed by atoms with Crippen LogP contribution in [0, 0.1) is 0 Å². The molecule has 0 radical (unpaired) electrons. The molecule has 0 aromatic carbocycles. The molecule has 0 atom stereocenters. The van der Waals surface area contributed by atoms with Crippen LogP contribution < -0.4 is 0 Å². The molecular formula is C20H34BF6O6PS2. The van der Waals surface area contributed by atoms with E-state index in [1.807, 2.05) is 0 Å². The van der Waals surface area contributed by atoms with Crippen LogP contribution in [0.3, 0.4) is 0 Å². The number of rotatable bonds is 8. The van der Waals surface area contributed by atoms with Crippen LogP contribution >= 0.6 is 7.14 Å². The second-order valence-electron chi connectivity index (χ2n) is 10.3. The van der Waals surface area contributed by atoms with Gasteiger partial charge in [0.2, 0.25) is 0 Å². The van der Waals surface area contributed by atoms with Gasteiger partial charge in [0.15, 0.2) is 0 Å². The van der Waals surface area contributed by atoms with E-state index in [4.69, 9.17) is 0 Å². The molecule has 3 rings (SSSR count). The van der Waals surface area contributed by atoms with Crippen molar-refractivity contribution in [1.82, 2.24) is 0 Å². The molecule has 212 valence electrons. The van der Waals surface area contributed by atoms with E-state index in [1.165, 1.54) is 0 Å². The van der Waals surface area contributed by atoms with E-state index in [1.54, 1.807) is 0 Å². The van der Waals surface area contributed by atoms with Crippen molar-refractivity contribution >= 4 is 34.2 Å². The third kappa shape index (κ3) is 6.37. The molecule has 0 aliphatic heterocycles. The summed E-state index contributed by atoms with van der Waals surface area (Å²) in [5.41, 5.74) is -13.1. The Labute approximate surface area is 209 Å². The number of halogens is 6. The fourth-order valence-electron chi connectivity index (χ4n) is 6.91. The normalized spacial score (nSPS) is 23.5. The first-order chi connectivity index (χ1) is 16.6. The molecule has 0 aromatic rings. The van der Waals surface area contributed by atoms with Gasteiger partial charge >= 0.3 is 210 Å². The number of hydrogen-bond acceptors (Lipinski definition) is 6. The van der Waals surface area contributed by atoms with Gasteiger partial charge in [-0.05, 0) is 0 Å². The standard InChI is InChI=1S/C20H34BF6O6PS2/c22-19(23,24)35(28,29)32-21(33-36(30,31)20(25,26)27)34(16-10-4-1-5-11-16,17-12-6-2-7-13-17)18-14-8-3-9-15-18/h16-18,34H,1-15H2. The van der Waals surface area contributed by atoms with Gasteiger partial charge < -0.3 is 0 Å². The molecule has 3 aliphatic rings. The van der Waals surface area contributed by atoms with E-state index in [-0.39, 0.29) is 0 Å². The Kier molecular flexibility index (Phi) is 9.77. The van der Waals surface area contributed by atoms with Gasteiger partial charge in [-0.1, -0.05) is 0 Å². The van der Waals surface area contributed by atoms with Crippen LogP contribution in [0.2, 0.25) is 0 Å². The van der Waals surface area contributed by atoms with E-state index in [0.717, 1.165) is 19.3 Å². The number of alkyl halides is 6. The van der Waals surface area contributed by atoms with Crippen LogP contribution in [-0.2, 0) is 28.4 Å². The summed E-state index contributed by atoms with van der Waals surface area (Å²) in [6, 6.07) is 0. The molecule has 16 heteroatoms. The van der Waals surface area contributed by atoms with Gasteiger partial charge in [-0.3, -0.25) is 0 Å². The first-order valence-electron chi connectivity index (χ1n) is 12.6. The Balaban J connectivity index is 2.25. The van der Waals surface area contributed by atoms with Crippen molar-refractivity contribution in [1.29, 1.82) is 0 Å². The maximum atomic E-state index is 13.5. The van der Waals surface area contributed by atoms with E-state index < -0.39 is 62.2 Å². The van der Waals surface area contributed by atoms with Gasteiger partial charge in [0.25, 0.3) is 0 Å². The van der Waals surface area contributed by atoms with Crippen molar-refractivity contribution < 1.29 is 51.4 Å². The average Bonchev–Trinajstić information content (AvgIpc) is 2.80. The quantitative estimate of drug-likeness (QED) is 0.140. The third-order valence-corrected chi connectivity index (χ3v) is 17.7. The molecule has 0 N–H and O–H groups in total. The van der Waals surface area contributed by atoms with Crippen LogP contribution in [0.1, 0.15) is 96.3 Å². The van der Waals surface area contributed by atoms with Gasteiger partial charge in [-0.25, -0.2) is 0 Å². The van der Waals surface area contributed by atoms with E-state index in [9.17, 15) is 43.2 Å². The summed E-state index contributed by atoms with van der Waals surface area (Å²) in [6.07, 6.45) is 9.54. The molecule has 0 amide bonds. The second-order valence-corrected chi connectivity index (χ2v) is 18.4. The fraction of sp³-hybridized carbons (Fsp3) is 1.00. The zero-order chi connectivity index (χ0) is 26.8. The average molecular weight is 590 g/mol. The molecule has 3 fully saturated rings. The SMILES string of the molecule is O=S(=O)(OB(OS(=O)(=O)C(F)(F)F)[PH](C1CCCCC1)(C1CCCCC1)C1CCCCC1)C(F)(F)F. The first kappa shape index (κ1) is 30.4. The maximum absolute atomic E-state index is 13.5. The first-order valence-corrected chi connectivity index (χ1v) is 17.7. The Morgan fingerprint density at radius 1 is 0.528 bits per heavy atom. The molecule has 0 bridgehead atoms. The third-order valence-electron chi connectivity index (χ3n) is 8.34. The molecule has 3 saturated carbocycles. The summed E-state index contributed by atoms with van der Waals surface area (Å²) in [5, 5.41) is 0. The van der Waals surface area contributed by atoms with Crippen molar-refractivity contribution in [3.05, 3.63) is 0 Å². The Hall–Kier alpha value is -0.105. The van der Waals surface area contributed by atoms with Crippen LogP contribution in [0.25, 0.3) is 0 Å². The molecule has 0 aromatic heterocycles. The van der Waals surface area contributed by atoms with Crippen molar-refractivity contribution in [2.75, 3.05) is 0 Å². The van der Waals surface area contributed by atoms with Gasteiger partial charge in [0.05, 0.1) is 0 Å². The van der Waals surface area contributed by atoms with Gasteiger partial charge in [0.1, 0.15) is 0 Å². The Morgan fingerprint density at radius 2 is 0.778 bits per heavy atom. The van der Waals surface area contributed by atoms with E-state index >= 15 is 0 Å². The van der Waals surface area contributed by atoms with Crippen molar-refractivity contribution in [2.45, 2.75) is 124 Å². The molecule has 0 spiro atoms. The zero-order valence-corrected chi connectivity index (χ0v) is 22.6. The second kappa shape index (κ2) is 11.6. The monoisotopic (exact) mass is 590 g/mol. The summed E-state index contributed by atoms with van der Waals surface area (Å²) < 4.78 is 139. The minimum atomic E-state index is -6.44. The van der Waals surface area contributed by atoms with Crippen LogP contribution in [0.4, 0.5) is 26.3 Å². The minimum absolute atomic E-state index is 0.394. The van der Waals surface area contributed by atoms with Crippen molar-refractivity contribution in [3.63, 3.8) is 0 Å². The molecule has 3 aliphatic carbocycles. The molecule has 6 nitrogen and oxygen atoms in total. The zero-order valence-electron chi connectivity index (χ0n) is 19.9. The fourth-order valence-corrected chi connectivity index (χ4v) is 17.2. The molecule has 0 heterocycles. The Morgan fingerprint density at radius 3 is 1.00 bits per heavy atom. The molecular weight excluding hydrogens is 556 g/mol. The predicted molar refractivity (Wildman–Crippen MR) is 127 cm³/mol. The number of hydrogen-bond donors (Lipinski definition) is 0. The topological polar surface area (TPSA) is 86.7 Å². The van der Waals surface area contributed by atoms with Gasteiger partial charge in [-0.15, -0.1) is 0 Å². The van der Waals surface area contributed by atoms with Crippen LogP contribution in [-0.4, -0.2) is 51.7 Å². The van der Waals surface area contributed by atoms with Crippen molar-refractivity contribution in [3.8, 4) is 0 Å². The summed E-state index contributed by atoms with van der Waals surface area (Å²) in [6.45, 7) is -2.62. The Bertz CT molecular complexity index is 849. The molecule has 0 unspecified atom stereocenters. The predicted octanol–water partition coefficient (Wildman–Crippen LogP) is 6.45. The molecule has 36 heavy (non-hydrogen) atoms. The van der Waals surface area contributed by atoms with Gasteiger partial charge in [0, 0.05) is 0 Å². The van der Waals surface area contributed by atoms with Gasteiger partial charge in [-0.2, -0.15) is 0 Å². The summed E-state index contributed by atoms with van der Waals surface area (Å²) in [7, 11) is -16.7. The summed E-state index contributed by atoms with van der Waals surface area (Å²) in [4.78, 5) is 0. The summed E-state index contributed by atoms with van der Waals surface area (Å²) >= 11 is 0. The van der Waals surface area contributed by atoms with Crippen LogP contribution in [0.5, 0.6) is 0 Å². The summed E-state index contributed by atoms with van der Waals surface area (Å²) in [5.74, 6) is 0.